The van der Waals surface area contributed by atoms with E-state index in [1.165, 1.54) is 44.9 Å². The summed E-state index contributed by atoms with van der Waals surface area (Å²) in [6, 6.07) is 0. The van der Waals surface area contributed by atoms with Crippen molar-refractivity contribution in [1.29, 1.82) is 0 Å². The zero-order valence-electron chi connectivity index (χ0n) is 33.9. The van der Waals surface area contributed by atoms with E-state index in [0.29, 0.717) is 32.1 Å². The molecule has 1 aliphatic rings. The fraction of sp³-hybridized carbons (Fsp3) is 0.786. The van der Waals surface area contributed by atoms with Gasteiger partial charge in [-0.2, -0.15) is 0 Å². The van der Waals surface area contributed by atoms with Crippen LogP contribution in [0.3, 0.4) is 0 Å². The Kier molecular flexibility index (Phi) is 29.4. The van der Waals surface area contributed by atoms with Gasteiger partial charge in [0.05, 0.1) is 25.9 Å². The molecule has 1 aliphatic carbocycles. The monoisotopic (exact) mass is 800 g/mol. The van der Waals surface area contributed by atoms with Gasteiger partial charge in [-0.15, -0.1) is 0 Å². The average Bonchev–Trinajstić information content (AvgIpc) is 3.50. The SMILES string of the molecule is CCCCC[C@H](O)/C=C/[C@H]1C(=O)C=C[C@@H]1C/C=C\CCCC(=O)OC[C@H](COP(=O)(O)OC[C@@H](O)CO)OC(=O)CCCCCCCCCCCCC(C)C. The number of allylic oxidation sites excluding steroid dienone is 5. The predicted octanol–water partition coefficient (Wildman–Crippen LogP) is 8.25. The lowest BCUT2D eigenvalue weighted by atomic mass is 9.90. The highest BCUT2D eigenvalue weighted by atomic mass is 31.2. The average molecular weight is 801 g/mol. The maximum atomic E-state index is 12.6. The Balaban J connectivity index is 2.46. The molecule has 1 unspecified atom stereocenters. The van der Waals surface area contributed by atoms with Crippen molar-refractivity contribution in [3.63, 3.8) is 0 Å². The zero-order valence-corrected chi connectivity index (χ0v) is 34.8. The first kappa shape index (κ1) is 50.8. The molecule has 55 heavy (non-hydrogen) atoms. The molecule has 12 nitrogen and oxygen atoms in total. The van der Waals surface area contributed by atoms with Crippen molar-refractivity contribution in [2.24, 2.45) is 17.8 Å². The van der Waals surface area contributed by atoms with Gasteiger partial charge in [-0.05, 0) is 50.0 Å². The number of esters is 2. The maximum absolute atomic E-state index is 12.6. The van der Waals surface area contributed by atoms with Crippen LogP contribution in [0.1, 0.15) is 149 Å². The second-order valence-corrected chi connectivity index (χ2v) is 16.6. The van der Waals surface area contributed by atoms with Gasteiger partial charge in [-0.3, -0.25) is 23.4 Å². The van der Waals surface area contributed by atoms with Crippen LogP contribution in [0.15, 0.2) is 36.5 Å². The van der Waals surface area contributed by atoms with E-state index in [0.717, 1.165) is 44.4 Å². The molecule has 1 rings (SSSR count). The number of ether oxygens (including phenoxy) is 2. The second-order valence-electron chi connectivity index (χ2n) is 15.2. The Morgan fingerprint density at radius 3 is 2.09 bits per heavy atom. The first-order valence-corrected chi connectivity index (χ1v) is 22.4. The fourth-order valence-corrected chi connectivity index (χ4v) is 6.90. The van der Waals surface area contributed by atoms with Crippen LogP contribution in [0.2, 0.25) is 0 Å². The van der Waals surface area contributed by atoms with E-state index in [1.54, 1.807) is 12.2 Å². The molecule has 4 N–H and O–H groups in total. The number of phosphoric acid groups is 1. The van der Waals surface area contributed by atoms with E-state index in [-0.39, 0.29) is 37.1 Å². The highest BCUT2D eigenvalue weighted by Crippen LogP contribution is 2.43. The molecule has 0 aromatic carbocycles. The van der Waals surface area contributed by atoms with Crippen molar-refractivity contribution >= 4 is 25.5 Å². The topological polar surface area (TPSA) is 186 Å². The molecule has 0 fully saturated rings. The van der Waals surface area contributed by atoms with Crippen LogP contribution in [0.25, 0.3) is 0 Å². The number of aliphatic hydroxyl groups excluding tert-OH is 3. The molecule has 6 atom stereocenters. The van der Waals surface area contributed by atoms with E-state index < -0.39 is 57.9 Å². The standard InChI is InChI=1S/C42H73O12P/c1-4-5-16-23-36(44)27-28-39-35(26-29-40(39)46)22-18-14-15-19-24-41(47)51-32-38(33-53-55(49,50)52-31-37(45)30-43)54-42(48)25-20-13-11-9-7-6-8-10-12-17-21-34(2)3/h14,18,26-29,34-39,43-45H,4-13,15-17,19-25,30-33H2,1-3H3,(H,49,50)/b18-14-,28-27+/t35-,36-,37-,38+,39+/m0/s1. The number of aliphatic hydroxyl groups is 3. The summed E-state index contributed by atoms with van der Waals surface area (Å²) < 4.78 is 32.6. The lowest BCUT2D eigenvalue weighted by Gasteiger charge is -2.20. The molecule has 318 valence electrons. The van der Waals surface area contributed by atoms with Gasteiger partial charge >= 0.3 is 19.8 Å². The van der Waals surface area contributed by atoms with E-state index in [4.69, 9.17) is 19.1 Å². The maximum Gasteiger partial charge on any atom is 0.472 e. The number of hydrogen-bond donors (Lipinski definition) is 4. The Morgan fingerprint density at radius 2 is 1.44 bits per heavy atom. The Morgan fingerprint density at radius 1 is 0.818 bits per heavy atom. The molecule has 0 radical (unpaired) electrons. The van der Waals surface area contributed by atoms with Crippen LogP contribution in [0.5, 0.6) is 0 Å². The van der Waals surface area contributed by atoms with E-state index in [1.807, 2.05) is 24.3 Å². The van der Waals surface area contributed by atoms with Crippen LogP contribution in [-0.2, 0) is 37.5 Å². The number of hydrogen-bond acceptors (Lipinski definition) is 11. The number of carbonyl (C=O) groups is 3. The summed E-state index contributed by atoms with van der Waals surface area (Å²) in [5.74, 6) is -0.558. The second kappa shape index (κ2) is 31.9. The number of carbonyl (C=O) groups excluding carboxylic acids is 3. The minimum atomic E-state index is -4.66. The van der Waals surface area contributed by atoms with Crippen LogP contribution in [0.4, 0.5) is 0 Å². The Bertz CT molecular complexity index is 1170. The summed E-state index contributed by atoms with van der Waals surface area (Å²) in [4.78, 5) is 47.4. The molecule has 13 heteroatoms. The summed E-state index contributed by atoms with van der Waals surface area (Å²) in [5.41, 5.74) is 0. The zero-order chi connectivity index (χ0) is 40.7. The smallest absolute Gasteiger partial charge is 0.462 e. The van der Waals surface area contributed by atoms with Crippen molar-refractivity contribution in [3.05, 3.63) is 36.5 Å². The number of rotatable bonds is 35. The number of ketones is 1. The van der Waals surface area contributed by atoms with E-state index in [2.05, 4.69) is 25.3 Å². The summed E-state index contributed by atoms with van der Waals surface area (Å²) >= 11 is 0. The molecule has 0 saturated carbocycles. The lowest BCUT2D eigenvalue weighted by molar-refractivity contribution is -0.161. The highest BCUT2D eigenvalue weighted by Gasteiger charge is 2.28. The van der Waals surface area contributed by atoms with Gasteiger partial charge in [-0.25, -0.2) is 4.57 Å². The quantitative estimate of drug-likeness (QED) is 0.0209. The largest absolute Gasteiger partial charge is 0.472 e. The summed E-state index contributed by atoms with van der Waals surface area (Å²) in [5, 5.41) is 28.5. The number of phosphoric ester groups is 1. The van der Waals surface area contributed by atoms with E-state index >= 15 is 0 Å². The molecule has 0 amide bonds. The van der Waals surface area contributed by atoms with Crippen molar-refractivity contribution in [1.82, 2.24) is 0 Å². The molecule has 0 bridgehead atoms. The summed E-state index contributed by atoms with van der Waals surface area (Å²) in [7, 11) is -4.66. The number of unbranched alkanes of at least 4 members (excludes halogenated alkanes) is 12. The summed E-state index contributed by atoms with van der Waals surface area (Å²) in [6.45, 7) is 4.33. The van der Waals surface area contributed by atoms with Gasteiger partial charge in [0.25, 0.3) is 0 Å². The van der Waals surface area contributed by atoms with Gasteiger partial charge in [-0.1, -0.05) is 135 Å². The van der Waals surface area contributed by atoms with Gasteiger partial charge < -0.3 is 29.7 Å². The van der Waals surface area contributed by atoms with Crippen molar-refractivity contribution in [3.8, 4) is 0 Å². The van der Waals surface area contributed by atoms with Crippen LogP contribution in [-0.4, -0.2) is 82.7 Å². The predicted molar refractivity (Wildman–Crippen MR) is 214 cm³/mol. The first-order chi connectivity index (χ1) is 26.4. The minimum absolute atomic E-state index is 0.0121. The molecular formula is C42H73O12P. The molecule has 0 heterocycles. The Labute approximate surface area is 330 Å². The van der Waals surface area contributed by atoms with Crippen LogP contribution < -0.4 is 0 Å². The van der Waals surface area contributed by atoms with Crippen LogP contribution >= 0.6 is 7.82 Å². The van der Waals surface area contributed by atoms with Gasteiger partial charge in [0.1, 0.15) is 12.7 Å². The van der Waals surface area contributed by atoms with Gasteiger partial charge in [0, 0.05) is 18.8 Å². The fourth-order valence-electron chi connectivity index (χ4n) is 6.11. The lowest BCUT2D eigenvalue weighted by Crippen LogP contribution is -2.29. The molecular weight excluding hydrogens is 727 g/mol. The summed E-state index contributed by atoms with van der Waals surface area (Å²) in [6.07, 6.45) is 26.1. The Hall–Kier alpha value is -2.18. The van der Waals surface area contributed by atoms with Gasteiger partial charge in [0.15, 0.2) is 11.9 Å². The third-order valence-electron chi connectivity index (χ3n) is 9.47. The molecule has 0 saturated heterocycles. The third kappa shape index (κ3) is 28.0. The highest BCUT2D eigenvalue weighted by molar-refractivity contribution is 7.47. The van der Waals surface area contributed by atoms with Crippen molar-refractivity contribution < 1.29 is 57.7 Å². The molecule has 0 aliphatic heterocycles. The normalized spacial score (nSPS) is 18.7. The molecule has 0 aromatic heterocycles. The van der Waals surface area contributed by atoms with Crippen molar-refractivity contribution in [2.45, 2.75) is 167 Å². The molecule has 0 spiro atoms. The third-order valence-corrected chi connectivity index (χ3v) is 10.4. The minimum Gasteiger partial charge on any atom is -0.462 e. The van der Waals surface area contributed by atoms with Crippen molar-refractivity contribution in [2.75, 3.05) is 26.4 Å². The molecule has 0 aromatic rings. The first-order valence-electron chi connectivity index (χ1n) is 20.9. The van der Waals surface area contributed by atoms with Gasteiger partial charge in [0.2, 0.25) is 0 Å². The van der Waals surface area contributed by atoms with E-state index in [9.17, 15) is 34.1 Å². The van der Waals surface area contributed by atoms with Crippen LogP contribution in [0, 0.1) is 17.8 Å².